The molecule has 0 aliphatic rings. The van der Waals surface area contributed by atoms with Crippen LogP contribution in [0, 0.1) is 5.92 Å². The smallest absolute Gasteiger partial charge is 0.305 e. The minimum Gasteiger partial charge on any atom is -0.481 e. The van der Waals surface area contributed by atoms with E-state index in [1.54, 1.807) is 4.90 Å². The van der Waals surface area contributed by atoms with Crippen LogP contribution in [0.1, 0.15) is 20.3 Å². The van der Waals surface area contributed by atoms with Crippen LogP contribution in [0.4, 0.5) is 11.6 Å². The fraction of sp³-hybridized carbons (Fsp3) is 0.583. The van der Waals surface area contributed by atoms with E-state index in [1.807, 2.05) is 13.1 Å². The molecule has 0 fully saturated rings. The first-order chi connectivity index (χ1) is 8.49. The van der Waals surface area contributed by atoms with E-state index in [4.69, 9.17) is 5.11 Å². The summed E-state index contributed by atoms with van der Waals surface area (Å²) in [7, 11) is 1.82. The van der Waals surface area contributed by atoms with E-state index in [0.29, 0.717) is 12.5 Å². The van der Waals surface area contributed by atoms with Gasteiger partial charge in [-0.3, -0.25) is 4.79 Å². The molecule has 0 aliphatic heterocycles. The molecule has 100 valence electrons. The van der Waals surface area contributed by atoms with Gasteiger partial charge in [-0.2, -0.15) is 0 Å². The summed E-state index contributed by atoms with van der Waals surface area (Å²) in [4.78, 5) is 20.6. The molecule has 6 nitrogen and oxygen atoms in total. The molecule has 1 aromatic rings. The minimum atomic E-state index is -0.811. The van der Waals surface area contributed by atoms with Crippen molar-refractivity contribution in [3.8, 4) is 0 Å². The van der Waals surface area contributed by atoms with E-state index >= 15 is 0 Å². The highest BCUT2D eigenvalue weighted by Crippen LogP contribution is 2.13. The maximum Gasteiger partial charge on any atom is 0.305 e. The summed E-state index contributed by atoms with van der Waals surface area (Å²) in [5.41, 5.74) is 0. The first-order valence-corrected chi connectivity index (χ1v) is 5.98. The summed E-state index contributed by atoms with van der Waals surface area (Å²) in [5.74, 6) is 1.20. The molecule has 1 rings (SSSR count). The highest BCUT2D eigenvalue weighted by molar-refractivity contribution is 5.67. The van der Waals surface area contributed by atoms with Gasteiger partial charge in [-0.05, 0) is 5.92 Å². The summed E-state index contributed by atoms with van der Waals surface area (Å²) >= 11 is 0. The number of aliphatic carboxylic acids is 1. The number of carbonyl (C=O) groups is 1. The Morgan fingerprint density at radius 3 is 2.83 bits per heavy atom. The van der Waals surface area contributed by atoms with Gasteiger partial charge in [0.15, 0.2) is 0 Å². The third-order valence-electron chi connectivity index (χ3n) is 2.40. The SMILES string of the molecule is CC(C)CNc1cc(N(C)CCC(=O)O)ncn1. The van der Waals surface area contributed by atoms with Crippen molar-refractivity contribution in [2.45, 2.75) is 20.3 Å². The lowest BCUT2D eigenvalue weighted by molar-refractivity contribution is -0.136. The van der Waals surface area contributed by atoms with Gasteiger partial charge < -0.3 is 15.3 Å². The van der Waals surface area contributed by atoms with Gasteiger partial charge in [-0.1, -0.05) is 13.8 Å². The number of aromatic nitrogens is 2. The average molecular weight is 252 g/mol. The molecular formula is C12H20N4O2. The summed E-state index contributed by atoms with van der Waals surface area (Å²) in [6, 6.07) is 1.82. The van der Waals surface area contributed by atoms with Gasteiger partial charge in [-0.25, -0.2) is 9.97 Å². The molecule has 0 aromatic carbocycles. The Hall–Kier alpha value is -1.85. The zero-order valence-corrected chi connectivity index (χ0v) is 11.1. The fourth-order valence-corrected chi connectivity index (χ4v) is 1.34. The highest BCUT2D eigenvalue weighted by atomic mass is 16.4. The summed E-state index contributed by atoms with van der Waals surface area (Å²) < 4.78 is 0. The first-order valence-electron chi connectivity index (χ1n) is 5.98. The number of hydrogen-bond acceptors (Lipinski definition) is 5. The highest BCUT2D eigenvalue weighted by Gasteiger charge is 2.06. The number of carboxylic acid groups (broad SMARTS) is 1. The van der Waals surface area contributed by atoms with Crippen LogP contribution in [0.3, 0.4) is 0 Å². The quantitative estimate of drug-likeness (QED) is 0.765. The molecule has 0 saturated heterocycles. The molecule has 0 bridgehead atoms. The van der Waals surface area contributed by atoms with Crippen LogP contribution in [0.2, 0.25) is 0 Å². The third kappa shape index (κ3) is 4.99. The Kier molecular flexibility index (Phi) is 5.35. The lowest BCUT2D eigenvalue weighted by Crippen LogP contribution is -2.22. The molecule has 6 heteroatoms. The van der Waals surface area contributed by atoms with E-state index < -0.39 is 5.97 Å². The molecule has 1 heterocycles. The number of anilines is 2. The van der Waals surface area contributed by atoms with Crippen LogP contribution in [0.25, 0.3) is 0 Å². The lowest BCUT2D eigenvalue weighted by atomic mass is 10.2. The largest absolute Gasteiger partial charge is 0.481 e. The zero-order valence-electron chi connectivity index (χ0n) is 11.1. The van der Waals surface area contributed by atoms with E-state index in [9.17, 15) is 4.79 Å². The number of rotatable bonds is 7. The Labute approximate surface area is 107 Å². The molecule has 0 unspecified atom stereocenters. The molecule has 0 atom stereocenters. The normalized spacial score (nSPS) is 10.4. The molecule has 2 N–H and O–H groups in total. The molecular weight excluding hydrogens is 232 g/mol. The predicted molar refractivity (Wildman–Crippen MR) is 70.9 cm³/mol. The van der Waals surface area contributed by atoms with Gasteiger partial charge in [0.25, 0.3) is 0 Å². The van der Waals surface area contributed by atoms with Gasteiger partial charge in [0.05, 0.1) is 6.42 Å². The van der Waals surface area contributed by atoms with E-state index in [-0.39, 0.29) is 6.42 Å². The second-order valence-electron chi connectivity index (χ2n) is 4.60. The predicted octanol–water partition coefficient (Wildman–Crippen LogP) is 1.46. The van der Waals surface area contributed by atoms with Crippen molar-refractivity contribution in [2.75, 3.05) is 30.4 Å². The van der Waals surface area contributed by atoms with Crippen molar-refractivity contribution >= 4 is 17.6 Å². The van der Waals surface area contributed by atoms with E-state index in [0.717, 1.165) is 18.2 Å². The molecule has 0 radical (unpaired) electrons. The minimum absolute atomic E-state index is 0.0925. The van der Waals surface area contributed by atoms with Gasteiger partial charge >= 0.3 is 5.97 Å². The summed E-state index contributed by atoms with van der Waals surface area (Å²) in [6.45, 7) is 5.51. The fourth-order valence-electron chi connectivity index (χ4n) is 1.34. The van der Waals surface area contributed by atoms with Crippen LogP contribution in [-0.4, -0.2) is 41.2 Å². The molecule has 0 saturated carbocycles. The van der Waals surface area contributed by atoms with Gasteiger partial charge in [0.2, 0.25) is 0 Å². The van der Waals surface area contributed by atoms with Crippen molar-refractivity contribution in [3.05, 3.63) is 12.4 Å². The van der Waals surface area contributed by atoms with Crippen LogP contribution in [0.15, 0.2) is 12.4 Å². The second kappa shape index (κ2) is 6.78. The van der Waals surface area contributed by atoms with E-state index in [2.05, 4.69) is 29.1 Å². The molecule has 0 amide bonds. The number of hydrogen-bond donors (Lipinski definition) is 2. The van der Waals surface area contributed by atoms with Crippen LogP contribution in [-0.2, 0) is 4.79 Å². The Balaban J connectivity index is 2.60. The maximum absolute atomic E-state index is 10.5. The number of nitrogens with zero attached hydrogens (tertiary/aromatic N) is 3. The van der Waals surface area contributed by atoms with Gasteiger partial charge in [-0.15, -0.1) is 0 Å². The summed E-state index contributed by atoms with van der Waals surface area (Å²) in [5, 5.41) is 11.8. The van der Waals surface area contributed by atoms with Crippen LogP contribution < -0.4 is 10.2 Å². The van der Waals surface area contributed by atoms with Crippen molar-refractivity contribution < 1.29 is 9.90 Å². The lowest BCUT2D eigenvalue weighted by Gasteiger charge is -2.17. The zero-order chi connectivity index (χ0) is 13.5. The summed E-state index contributed by atoms with van der Waals surface area (Å²) in [6.07, 6.45) is 1.57. The van der Waals surface area contributed by atoms with Gasteiger partial charge in [0, 0.05) is 26.2 Å². The third-order valence-corrected chi connectivity index (χ3v) is 2.40. The van der Waals surface area contributed by atoms with E-state index in [1.165, 1.54) is 6.33 Å². The molecule has 0 spiro atoms. The van der Waals surface area contributed by atoms with Crippen LogP contribution in [0.5, 0.6) is 0 Å². The van der Waals surface area contributed by atoms with Crippen LogP contribution >= 0.6 is 0 Å². The average Bonchev–Trinajstić information content (AvgIpc) is 2.33. The van der Waals surface area contributed by atoms with Crippen molar-refractivity contribution in [2.24, 2.45) is 5.92 Å². The molecule has 18 heavy (non-hydrogen) atoms. The monoisotopic (exact) mass is 252 g/mol. The van der Waals surface area contributed by atoms with Crippen molar-refractivity contribution in [1.29, 1.82) is 0 Å². The molecule has 0 aliphatic carbocycles. The number of nitrogens with one attached hydrogen (secondary N) is 1. The Morgan fingerprint density at radius 1 is 1.50 bits per heavy atom. The maximum atomic E-state index is 10.5. The Bertz CT molecular complexity index is 395. The second-order valence-corrected chi connectivity index (χ2v) is 4.60. The molecule has 1 aromatic heterocycles. The van der Waals surface area contributed by atoms with Crippen molar-refractivity contribution in [3.63, 3.8) is 0 Å². The standard InChI is InChI=1S/C12H20N4O2/c1-9(2)7-13-10-6-11(15-8-14-10)16(3)5-4-12(17)18/h6,8-9H,4-5,7H2,1-3H3,(H,17,18)(H,13,14,15). The van der Waals surface area contributed by atoms with Gasteiger partial charge in [0.1, 0.15) is 18.0 Å². The Morgan fingerprint density at radius 2 is 2.22 bits per heavy atom. The van der Waals surface area contributed by atoms with Crippen molar-refractivity contribution in [1.82, 2.24) is 9.97 Å². The topological polar surface area (TPSA) is 78.4 Å². The number of carboxylic acids is 1. The first kappa shape index (κ1) is 14.2.